The summed E-state index contributed by atoms with van der Waals surface area (Å²) in [6.07, 6.45) is 1.72. The number of anilines is 2. The molecule has 0 saturated carbocycles. The molecule has 4 rings (SSSR count). The van der Waals surface area contributed by atoms with Crippen LogP contribution in [-0.2, 0) is 0 Å². The van der Waals surface area contributed by atoms with Crippen LogP contribution in [0.1, 0.15) is 5.69 Å². The van der Waals surface area contributed by atoms with Crippen LogP contribution in [0.2, 0.25) is 0 Å². The fraction of sp³-hybridized carbons (Fsp3) is 0.261. The number of aromatic hydroxyl groups is 1. The second kappa shape index (κ2) is 8.90. The fourth-order valence-electron chi connectivity index (χ4n) is 3.21. The Morgan fingerprint density at radius 3 is 2.77 bits per heavy atom. The van der Waals surface area contributed by atoms with Crippen molar-refractivity contribution in [1.29, 1.82) is 0 Å². The summed E-state index contributed by atoms with van der Waals surface area (Å²) in [5, 5.41) is 18.3. The zero-order valence-electron chi connectivity index (χ0n) is 17.5. The highest BCUT2D eigenvalue weighted by Crippen LogP contribution is 2.33. The molecule has 1 fully saturated rings. The van der Waals surface area contributed by atoms with Crippen molar-refractivity contribution in [3.05, 3.63) is 54.4 Å². The van der Waals surface area contributed by atoms with Crippen molar-refractivity contribution in [2.24, 2.45) is 0 Å². The van der Waals surface area contributed by atoms with Crippen LogP contribution in [0.3, 0.4) is 0 Å². The second-order valence-electron chi connectivity index (χ2n) is 7.58. The average Bonchev–Trinajstić information content (AvgIpc) is 2.72. The molecule has 3 heterocycles. The Bertz CT molecular complexity index is 1130. The fourth-order valence-corrected chi connectivity index (χ4v) is 3.21. The molecule has 8 nitrogen and oxygen atoms in total. The quantitative estimate of drug-likeness (QED) is 0.609. The number of nitrogen functional groups attached to an aromatic ring is 1. The first-order chi connectivity index (χ1) is 15.0. The van der Waals surface area contributed by atoms with E-state index in [4.69, 9.17) is 10.5 Å². The maximum absolute atomic E-state index is 10.1. The molecule has 0 radical (unpaired) electrons. The third-order valence-corrected chi connectivity index (χ3v) is 4.82. The summed E-state index contributed by atoms with van der Waals surface area (Å²) in [7, 11) is 3.95. The van der Waals surface area contributed by atoms with Gasteiger partial charge in [0, 0.05) is 17.8 Å². The predicted molar refractivity (Wildman–Crippen MR) is 120 cm³/mol. The molecule has 1 aliphatic rings. The molecule has 3 aromatic rings. The van der Waals surface area contributed by atoms with E-state index in [1.165, 1.54) is 0 Å². The highest BCUT2D eigenvalue weighted by atomic mass is 16.5. The minimum atomic E-state index is 0.0196. The first-order valence-electron chi connectivity index (χ1n) is 9.92. The van der Waals surface area contributed by atoms with Gasteiger partial charge in [-0.1, -0.05) is 18.1 Å². The lowest BCUT2D eigenvalue weighted by molar-refractivity contribution is 0.167. The summed E-state index contributed by atoms with van der Waals surface area (Å²) in [6, 6.07) is 12.5. The SMILES string of the molecule is CN(C)CC#Cc1cc(OC2CN(c3cc(-c4ccccc4O)nnc3N)C2)ccn1. The van der Waals surface area contributed by atoms with Crippen molar-refractivity contribution in [3.8, 4) is 34.6 Å². The van der Waals surface area contributed by atoms with Gasteiger partial charge in [0.1, 0.15) is 23.3 Å². The number of benzene rings is 1. The van der Waals surface area contributed by atoms with E-state index >= 15 is 0 Å². The van der Waals surface area contributed by atoms with E-state index in [1.807, 2.05) is 43.3 Å². The maximum atomic E-state index is 10.1. The second-order valence-corrected chi connectivity index (χ2v) is 7.58. The maximum Gasteiger partial charge on any atom is 0.169 e. The van der Waals surface area contributed by atoms with Crippen LogP contribution in [0.15, 0.2) is 48.7 Å². The number of rotatable bonds is 5. The molecule has 1 saturated heterocycles. The van der Waals surface area contributed by atoms with Crippen LogP contribution in [0.25, 0.3) is 11.3 Å². The van der Waals surface area contributed by atoms with E-state index in [1.54, 1.807) is 24.4 Å². The average molecular weight is 416 g/mol. The Labute approximate surface area is 181 Å². The summed E-state index contributed by atoms with van der Waals surface area (Å²) in [6.45, 7) is 2.01. The summed E-state index contributed by atoms with van der Waals surface area (Å²) in [5.41, 5.74) is 8.70. The van der Waals surface area contributed by atoms with Crippen molar-refractivity contribution in [2.75, 3.05) is 44.4 Å². The van der Waals surface area contributed by atoms with Crippen LogP contribution in [0.4, 0.5) is 11.5 Å². The van der Waals surface area contributed by atoms with E-state index in [0.717, 1.165) is 11.4 Å². The first kappa shape index (κ1) is 20.4. The smallest absolute Gasteiger partial charge is 0.169 e. The van der Waals surface area contributed by atoms with Crippen LogP contribution in [-0.4, -0.2) is 65.0 Å². The Morgan fingerprint density at radius 1 is 1.19 bits per heavy atom. The molecule has 31 heavy (non-hydrogen) atoms. The van der Waals surface area contributed by atoms with Crippen LogP contribution < -0.4 is 15.4 Å². The Morgan fingerprint density at radius 2 is 2.00 bits per heavy atom. The van der Waals surface area contributed by atoms with Gasteiger partial charge in [-0.05, 0) is 44.3 Å². The summed E-state index contributed by atoms with van der Waals surface area (Å²) < 4.78 is 6.07. The third-order valence-electron chi connectivity index (χ3n) is 4.82. The van der Waals surface area contributed by atoms with Crippen LogP contribution in [0, 0.1) is 11.8 Å². The van der Waals surface area contributed by atoms with E-state index in [0.29, 0.717) is 42.4 Å². The van der Waals surface area contributed by atoms with Gasteiger partial charge in [0.2, 0.25) is 0 Å². The highest BCUT2D eigenvalue weighted by Gasteiger charge is 2.31. The molecule has 0 bridgehead atoms. The Hall–Kier alpha value is -3.83. The standard InChI is InChI=1S/C23H24N6O2/c1-28(2)11-5-6-16-12-17(9-10-25-16)31-18-14-29(15-18)21-13-20(26-27-23(21)24)19-7-3-4-8-22(19)30/h3-4,7-10,12-13,18,30H,11,14-15H2,1-2H3,(H2,24,27). The van der Waals surface area contributed by atoms with Crippen molar-refractivity contribution in [3.63, 3.8) is 0 Å². The van der Waals surface area contributed by atoms with Gasteiger partial charge < -0.3 is 20.5 Å². The molecule has 2 aromatic heterocycles. The molecule has 0 amide bonds. The van der Waals surface area contributed by atoms with Gasteiger partial charge in [0.15, 0.2) is 5.82 Å². The van der Waals surface area contributed by atoms with Gasteiger partial charge in [0.05, 0.1) is 31.0 Å². The lowest BCUT2D eigenvalue weighted by Gasteiger charge is -2.40. The number of hydrogen-bond acceptors (Lipinski definition) is 8. The molecule has 3 N–H and O–H groups in total. The number of nitrogens with zero attached hydrogens (tertiary/aromatic N) is 5. The first-order valence-corrected chi connectivity index (χ1v) is 9.92. The zero-order chi connectivity index (χ0) is 21.8. The summed E-state index contributed by atoms with van der Waals surface area (Å²) >= 11 is 0. The molecular formula is C23H24N6O2. The molecule has 1 aromatic carbocycles. The van der Waals surface area contributed by atoms with Crippen molar-refractivity contribution >= 4 is 11.5 Å². The van der Waals surface area contributed by atoms with E-state index in [2.05, 4.69) is 31.9 Å². The van der Waals surface area contributed by atoms with Gasteiger partial charge >= 0.3 is 0 Å². The lowest BCUT2D eigenvalue weighted by Crippen LogP contribution is -2.54. The lowest BCUT2D eigenvalue weighted by atomic mass is 10.1. The Balaban J connectivity index is 1.41. The van der Waals surface area contributed by atoms with Crippen LogP contribution >= 0.6 is 0 Å². The van der Waals surface area contributed by atoms with Gasteiger partial charge in [-0.25, -0.2) is 4.98 Å². The zero-order valence-corrected chi connectivity index (χ0v) is 17.5. The van der Waals surface area contributed by atoms with Crippen molar-refractivity contribution in [2.45, 2.75) is 6.10 Å². The van der Waals surface area contributed by atoms with Gasteiger partial charge in [-0.3, -0.25) is 4.90 Å². The monoisotopic (exact) mass is 416 g/mol. The minimum Gasteiger partial charge on any atom is -0.507 e. The largest absolute Gasteiger partial charge is 0.507 e. The third kappa shape index (κ3) is 4.85. The van der Waals surface area contributed by atoms with Crippen molar-refractivity contribution in [1.82, 2.24) is 20.1 Å². The number of pyridine rings is 1. The van der Waals surface area contributed by atoms with E-state index < -0.39 is 0 Å². The molecular weight excluding hydrogens is 392 g/mol. The number of ether oxygens (including phenoxy) is 1. The number of phenols is 1. The normalized spacial score (nSPS) is 13.5. The van der Waals surface area contributed by atoms with Crippen molar-refractivity contribution < 1.29 is 9.84 Å². The predicted octanol–water partition coefficient (Wildman–Crippen LogP) is 2.01. The number of aromatic nitrogens is 3. The molecule has 0 unspecified atom stereocenters. The topological polar surface area (TPSA) is 101 Å². The van der Waals surface area contributed by atoms with Gasteiger partial charge in [-0.2, -0.15) is 0 Å². The molecule has 0 spiro atoms. The number of phenolic OH excluding ortho intramolecular Hbond substituents is 1. The Kier molecular flexibility index (Phi) is 5.87. The van der Waals surface area contributed by atoms with E-state index in [9.17, 15) is 5.11 Å². The highest BCUT2D eigenvalue weighted by molar-refractivity contribution is 5.74. The molecule has 0 atom stereocenters. The molecule has 158 valence electrons. The molecule has 8 heteroatoms. The minimum absolute atomic E-state index is 0.0196. The summed E-state index contributed by atoms with van der Waals surface area (Å²) in [5.74, 6) is 7.36. The van der Waals surface area contributed by atoms with Gasteiger partial charge in [0.25, 0.3) is 0 Å². The summed E-state index contributed by atoms with van der Waals surface area (Å²) in [4.78, 5) is 8.35. The molecule has 0 aliphatic carbocycles. The van der Waals surface area contributed by atoms with E-state index in [-0.39, 0.29) is 11.9 Å². The van der Waals surface area contributed by atoms with Crippen LogP contribution in [0.5, 0.6) is 11.5 Å². The molecule has 1 aliphatic heterocycles. The number of nitrogens with two attached hydrogens (primary N) is 1. The number of para-hydroxylation sites is 1. The van der Waals surface area contributed by atoms with Gasteiger partial charge in [-0.15, -0.1) is 10.2 Å². The number of hydrogen-bond donors (Lipinski definition) is 2.